The van der Waals surface area contributed by atoms with Crippen molar-refractivity contribution in [3.63, 3.8) is 0 Å². The van der Waals surface area contributed by atoms with Crippen LogP contribution in [0.5, 0.6) is 5.75 Å². The molecular formula is C21H17ClN2O2. The van der Waals surface area contributed by atoms with E-state index in [-0.39, 0.29) is 5.91 Å². The first-order valence-corrected chi connectivity index (χ1v) is 8.43. The number of amides is 1. The molecule has 130 valence electrons. The first-order chi connectivity index (χ1) is 12.7. The molecule has 26 heavy (non-hydrogen) atoms. The lowest BCUT2D eigenvalue weighted by Crippen LogP contribution is -2.07. The van der Waals surface area contributed by atoms with Gasteiger partial charge < -0.3 is 10.1 Å². The number of nitrogens with one attached hydrogen (secondary N) is 1. The molecule has 0 aliphatic rings. The van der Waals surface area contributed by atoms with Crippen LogP contribution in [0.25, 0.3) is 6.08 Å². The van der Waals surface area contributed by atoms with Crippen LogP contribution in [0.1, 0.15) is 11.1 Å². The zero-order chi connectivity index (χ0) is 18.2. The molecule has 0 unspecified atom stereocenters. The fourth-order valence-electron chi connectivity index (χ4n) is 2.25. The van der Waals surface area contributed by atoms with Gasteiger partial charge >= 0.3 is 0 Å². The second kappa shape index (κ2) is 8.83. The Morgan fingerprint density at radius 2 is 1.85 bits per heavy atom. The Morgan fingerprint density at radius 3 is 2.58 bits per heavy atom. The minimum Gasteiger partial charge on any atom is -0.489 e. The molecule has 3 aromatic rings. The number of hydrogen-bond acceptors (Lipinski definition) is 3. The lowest BCUT2D eigenvalue weighted by molar-refractivity contribution is -0.111. The van der Waals surface area contributed by atoms with Crippen LogP contribution < -0.4 is 10.1 Å². The fourth-order valence-corrected chi connectivity index (χ4v) is 2.45. The van der Waals surface area contributed by atoms with E-state index >= 15 is 0 Å². The second-order valence-corrected chi connectivity index (χ2v) is 5.98. The number of nitrogens with zero attached hydrogens (tertiary/aromatic N) is 1. The number of hydrogen-bond donors (Lipinski definition) is 1. The summed E-state index contributed by atoms with van der Waals surface area (Å²) in [5, 5.41) is 3.44. The number of halogens is 1. The lowest BCUT2D eigenvalue weighted by Gasteiger charge is -2.07. The third-order valence-electron chi connectivity index (χ3n) is 3.55. The number of carbonyl (C=O) groups is 1. The number of ether oxygens (including phenoxy) is 1. The van der Waals surface area contributed by atoms with Crippen molar-refractivity contribution in [2.24, 2.45) is 0 Å². The Hall–Kier alpha value is -3.11. The van der Waals surface area contributed by atoms with E-state index < -0.39 is 0 Å². The van der Waals surface area contributed by atoms with Gasteiger partial charge in [-0.25, -0.2) is 0 Å². The van der Waals surface area contributed by atoms with Crippen LogP contribution in [0.2, 0.25) is 5.02 Å². The van der Waals surface area contributed by atoms with E-state index in [2.05, 4.69) is 10.3 Å². The average Bonchev–Trinajstić information content (AvgIpc) is 2.67. The fraction of sp³-hybridized carbons (Fsp3) is 0.0476. The highest BCUT2D eigenvalue weighted by atomic mass is 35.5. The molecule has 0 fully saturated rings. The van der Waals surface area contributed by atoms with Gasteiger partial charge in [0, 0.05) is 29.2 Å². The summed E-state index contributed by atoms with van der Waals surface area (Å²) in [6.45, 7) is 0.469. The van der Waals surface area contributed by atoms with Gasteiger partial charge in [0.25, 0.3) is 0 Å². The molecule has 1 heterocycles. The second-order valence-electron chi connectivity index (χ2n) is 5.55. The van der Waals surface area contributed by atoms with Gasteiger partial charge in [-0.2, -0.15) is 0 Å². The third kappa shape index (κ3) is 5.46. The molecule has 0 saturated carbocycles. The summed E-state index contributed by atoms with van der Waals surface area (Å²) in [7, 11) is 0. The molecule has 0 saturated heterocycles. The first-order valence-electron chi connectivity index (χ1n) is 8.05. The highest BCUT2D eigenvalue weighted by molar-refractivity contribution is 6.30. The van der Waals surface area contributed by atoms with Crippen LogP contribution in [0.3, 0.4) is 0 Å². The Kier molecular flexibility index (Phi) is 6.01. The van der Waals surface area contributed by atoms with Crippen LogP contribution in [0.15, 0.2) is 79.1 Å². The molecular weight excluding hydrogens is 348 g/mol. The smallest absolute Gasteiger partial charge is 0.248 e. The predicted molar refractivity (Wildman–Crippen MR) is 104 cm³/mol. The van der Waals surface area contributed by atoms with Crippen LogP contribution in [-0.4, -0.2) is 10.9 Å². The molecule has 1 aromatic heterocycles. The average molecular weight is 365 g/mol. The molecule has 0 aliphatic carbocycles. The standard InChI is InChI=1S/C21H17ClN2O2/c22-18-3-1-2-16(14-18)4-9-21(25)24-19-5-7-20(8-6-19)26-15-17-10-12-23-13-11-17/h1-14H,15H2,(H,24,25)/b9-4+. The summed E-state index contributed by atoms with van der Waals surface area (Å²) in [5.41, 5.74) is 2.61. The van der Waals surface area contributed by atoms with E-state index in [1.165, 1.54) is 6.08 Å². The zero-order valence-corrected chi connectivity index (χ0v) is 14.7. The van der Waals surface area contributed by atoms with Crippen molar-refractivity contribution in [2.45, 2.75) is 6.61 Å². The van der Waals surface area contributed by atoms with Crippen molar-refractivity contribution < 1.29 is 9.53 Å². The Bertz CT molecular complexity index is 893. The minimum atomic E-state index is -0.213. The molecule has 0 spiro atoms. The molecule has 0 aliphatic heterocycles. The van der Waals surface area contributed by atoms with E-state index in [4.69, 9.17) is 16.3 Å². The normalized spacial score (nSPS) is 10.7. The van der Waals surface area contributed by atoms with Gasteiger partial charge in [-0.1, -0.05) is 23.7 Å². The first kappa shape index (κ1) is 17.7. The van der Waals surface area contributed by atoms with Gasteiger partial charge in [0.15, 0.2) is 0 Å². The highest BCUT2D eigenvalue weighted by Crippen LogP contribution is 2.17. The number of anilines is 1. The SMILES string of the molecule is O=C(/C=C/c1cccc(Cl)c1)Nc1ccc(OCc2ccncc2)cc1. The van der Waals surface area contributed by atoms with Crippen LogP contribution in [0.4, 0.5) is 5.69 Å². The maximum absolute atomic E-state index is 12.0. The summed E-state index contributed by atoms with van der Waals surface area (Å²) >= 11 is 5.92. The van der Waals surface area contributed by atoms with Crippen LogP contribution in [-0.2, 0) is 11.4 Å². The highest BCUT2D eigenvalue weighted by Gasteiger charge is 2.00. The van der Waals surface area contributed by atoms with Gasteiger partial charge in [0.1, 0.15) is 12.4 Å². The van der Waals surface area contributed by atoms with Gasteiger partial charge in [-0.05, 0) is 65.7 Å². The number of pyridine rings is 1. The number of carbonyl (C=O) groups excluding carboxylic acids is 1. The molecule has 2 aromatic carbocycles. The number of benzene rings is 2. The van der Waals surface area contributed by atoms with Crippen molar-refractivity contribution in [2.75, 3.05) is 5.32 Å². The molecule has 0 bridgehead atoms. The van der Waals surface area contributed by atoms with E-state index in [1.807, 2.05) is 36.4 Å². The maximum Gasteiger partial charge on any atom is 0.248 e. The summed E-state index contributed by atoms with van der Waals surface area (Å²) in [6.07, 6.45) is 6.65. The maximum atomic E-state index is 12.0. The summed E-state index contributed by atoms with van der Waals surface area (Å²) in [5.74, 6) is 0.518. The van der Waals surface area contributed by atoms with E-state index in [1.54, 1.807) is 42.7 Å². The van der Waals surface area contributed by atoms with Gasteiger partial charge in [0.2, 0.25) is 5.91 Å². The van der Waals surface area contributed by atoms with Gasteiger partial charge in [-0.3, -0.25) is 9.78 Å². The Balaban J connectivity index is 1.52. The van der Waals surface area contributed by atoms with E-state index in [0.717, 1.165) is 16.9 Å². The molecule has 5 heteroatoms. The monoisotopic (exact) mass is 364 g/mol. The van der Waals surface area contributed by atoms with Gasteiger partial charge in [0.05, 0.1) is 0 Å². The van der Waals surface area contributed by atoms with Crippen molar-refractivity contribution in [1.29, 1.82) is 0 Å². The molecule has 3 rings (SSSR count). The van der Waals surface area contributed by atoms with Crippen molar-refractivity contribution in [3.8, 4) is 5.75 Å². The van der Waals surface area contributed by atoms with E-state index in [0.29, 0.717) is 17.3 Å². The van der Waals surface area contributed by atoms with Crippen LogP contribution >= 0.6 is 11.6 Å². The largest absolute Gasteiger partial charge is 0.489 e. The molecule has 0 radical (unpaired) electrons. The topological polar surface area (TPSA) is 51.2 Å². The summed E-state index contributed by atoms with van der Waals surface area (Å²) in [4.78, 5) is 16.0. The number of rotatable bonds is 6. The Labute approximate surface area is 157 Å². The third-order valence-corrected chi connectivity index (χ3v) is 3.79. The molecule has 0 atom stereocenters. The summed E-state index contributed by atoms with van der Waals surface area (Å²) < 4.78 is 5.70. The number of aromatic nitrogens is 1. The zero-order valence-electron chi connectivity index (χ0n) is 13.9. The quantitative estimate of drug-likeness (QED) is 0.628. The van der Waals surface area contributed by atoms with Gasteiger partial charge in [-0.15, -0.1) is 0 Å². The van der Waals surface area contributed by atoms with E-state index in [9.17, 15) is 4.79 Å². The van der Waals surface area contributed by atoms with Crippen molar-refractivity contribution in [1.82, 2.24) is 4.98 Å². The molecule has 1 N–H and O–H groups in total. The Morgan fingerprint density at radius 1 is 1.08 bits per heavy atom. The van der Waals surface area contributed by atoms with Crippen LogP contribution in [0, 0.1) is 0 Å². The molecule has 1 amide bonds. The predicted octanol–water partition coefficient (Wildman–Crippen LogP) is 4.97. The minimum absolute atomic E-state index is 0.213. The van der Waals surface area contributed by atoms with Crippen molar-refractivity contribution >= 4 is 29.3 Å². The van der Waals surface area contributed by atoms with Crippen molar-refractivity contribution in [3.05, 3.63) is 95.3 Å². The summed E-state index contributed by atoms with van der Waals surface area (Å²) in [6, 6.07) is 18.3. The molecule has 4 nitrogen and oxygen atoms in total. The lowest BCUT2D eigenvalue weighted by atomic mass is 10.2.